The number of aromatic nitrogens is 1. The smallest absolute Gasteiger partial charge is 0.119 e. The van der Waals surface area contributed by atoms with Gasteiger partial charge in [-0.25, -0.2) is 0 Å². The Hall–Kier alpha value is -3.04. The molecule has 0 fully saturated rings. The summed E-state index contributed by atoms with van der Waals surface area (Å²) in [6, 6.07) is 28.2. The first kappa shape index (κ1) is 19.3. The molecule has 0 unspecified atom stereocenters. The molecule has 4 aromatic rings. The van der Waals surface area contributed by atoms with E-state index in [1.807, 2.05) is 12.1 Å². The van der Waals surface area contributed by atoms with Crippen molar-refractivity contribution in [3.63, 3.8) is 0 Å². The van der Waals surface area contributed by atoms with Crippen LogP contribution in [-0.2, 0) is 13.1 Å². The number of rotatable bonds is 7. The van der Waals surface area contributed by atoms with E-state index in [0.717, 1.165) is 18.8 Å². The van der Waals surface area contributed by atoms with Crippen LogP contribution < -0.4 is 10.1 Å². The fourth-order valence-corrected chi connectivity index (χ4v) is 3.92. The molecule has 3 nitrogen and oxygen atoms in total. The number of hydrogen-bond acceptors (Lipinski definition) is 2. The first-order valence-corrected chi connectivity index (χ1v) is 10.2. The van der Waals surface area contributed by atoms with E-state index < -0.39 is 0 Å². The van der Waals surface area contributed by atoms with Crippen LogP contribution in [0.2, 0.25) is 0 Å². The first-order valence-electron chi connectivity index (χ1n) is 10.2. The van der Waals surface area contributed by atoms with Crippen LogP contribution >= 0.6 is 0 Å². The highest BCUT2D eigenvalue weighted by Crippen LogP contribution is 2.29. The Morgan fingerprint density at radius 2 is 1.76 bits per heavy atom. The second-order valence-corrected chi connectivity index (χ2v) is 7.41. The first-order chi connectivity index (χ1) is 14.2. The molecule has 3 aromatic carbocycles. The quantitative estimate of drug-likeness (QED) is 0.411. The van der Waals surface area contributed by atoms with Crippen LogP contribution in [0.15, 0.2) is 78.9 Å². The molecule has 0 saturated heterocycles. The number of ether oxygens (including phenoxy) is 1. The fourth-order valence-electron chi connectivity index (χ4n) is 3.92. The van der Waals surface area contributed by atoms with Crippen LogP contribution in [0.3, 0.4) is 0 Å². The highest BCUT2D eigenvalue weighted by atomic mass is 16.5. The second-order valence-electron chi connectivity index (χ2n) is 7.41. The van der Waals surface area contributed by atoms with Gasteiger partial charge in [-0.05, 0) is 60.9 Å². The topological polar surface area (TPSA) is 26.2 Å². The molecular weight excluding hydrogens is 356 g/mol. The van der Waals surface area contributed by atoms with Crippen molar-refractivity contribution in [1.29, 1.82) is 0 Å². The summed E-state index contributed by atoms with van der Waals surface area (Å²) >= 11 is 0. The minimum Gasteiger partial charge on any atom is -0.497 e. The largest absolute Gasteiger partial charge is 0.497 e. The fraction of sp³-hybridized carbons (Fsp3) is 0.231. The molecule has 0 amide bonds. The van der Waals surface area contributed by atoms with Crippen molar-refractivity contribution < 1.29 is 4.74 Å². The van der Waals surface area contributed by atoms with Crippen LogP contribution in [0, 0.1) is 0 Å². The van der Waals surface area contributed by atoms with Gasteiger partial charge in [-0.2, -0.15) is 0 Å². The Morgan fingerprint density at radius 1 is 0.931 bits per heavy atom. The van der Waals surface area contributed by atoms with Crippen molar-refractivity contribution in [3.05, 3.63) is 90.0 Å². The van der Waals surface area contributed by atoms with Crippen LogP contribution in [-0.4, -0.2) is 11.7 Å². The summed E-state index contributed by atoms with van der Waals surface area (Å²) in [4.78, 5) is 0. The molecule has 29 heavy (non-hydrogen) atoms. The van der Waals surface area contributed by atoms with Crippen LogP contribution in [0.4, 0.5) is 0 Å². The summed E-state index contributed by atoms with van der Waals surface area (Å²) in [6.45, 7) is 6.18. The molecule has 1 aromatic heterocycles. The molecule has 0 spiro atoms. The third-order valence-corrected chi connectivity index (χ3v) is 5.56. The van der Waals surface area contributed by atoms with Gasteiger partial charge in [0.05, 0.1) is 7.11 Å². The van der Waals surface area contributed by atoms with Gasteiger partial charge >= 0.3 is 0 Å². The number of methoxy groups -OCH3 is 1. The van der Waals surface area contributed by atoms with Crippen LogP contribution in [0.25, 0.3) is 22.2 Å². The van der Waals surface area contributed by atoms with E-state index in [2.05, 4.69) is 90.5 Å². The highest BCUT2D eigenvalue weighted by molar-refractivity contribution is 5.87. The maximum Gasteiger partial charge on any atom is 0.119 e. The molecular formula is C26H28N2O. The molecule has 1 N–H and O–H groups in total. The van der Waals surface area contributed by atoms with Crippen molar-refractivity contribution in [2.24, 2.45) is 0 Å². The van der Waals surface area contributed by atoms with Gasteiger partial charge in [0.25, 0.3) is 0 Å². The number of nitrogens with one attached hydrogen (secondary N) is 1. The Balaban J connectivity index is 1.56. The van der Waals surface area contributed by atoms with E-state index in [1.165, 1.54) is 33.3 Å². The van der Waals surface area contributed by atoms with Crippen molar-refractivity contribution in [2.75, 3.05) is 7.11 Å². The molecule has 1 heterocycles. The Labute approximate surface area is 172 Å². The monoisotopic (exact) mass is 384 g/mol. The van der Waals surface area contributed by atoms with Gasteiger partial charge in [0, 0.05) is 35.7 Å². The van der Waals surface area contributed by atoms with Gasteiger partial charge < -0.3 is 14.6 Å². The molecule has 3 heteroatoms. The van der Waals surface area contributed by atoms with E-state index in [1.54, 1.807) is 7.11 Å². The Kier molecular flexibility index (Phi) is 5.68. The maximum atomic E-state index is 5.35. The van der Waals surface area contributed by atoms with Crippen LogP contribution in [0.1, 0.15) is 31.0 Å². The van der Waals surface area contributed by atoms with Gasteiger partial charge in [-0.15, -0.1) is 0 Å². The Bertz CT molecular complexity index is 1100. The second kappa shape index (κ2) is 8.54. The molecule has 0 aliphatic rings. The number of benzene rings is 3. The summed E-state index contributed by atoms with van der Waals surface area (Å²) in [6.07, 6.45) is 0. The minimum atomic E-state index is 0.251. The molecule has 148 valence electrons. The number of nitrogens with zero attached hydrogens (tertiary/aromatic N) is 1. The van der Waals surface area contributed by atoms with Crippen molar-refractivity contribution >= 4 is 10.9 Å². The summed E-state index contributed by atoms with van der Waals surface area (Å²) < 4.78 is 7.74. The molecule has 0 aliphatic heterocycles. The van der Waals surface area contributed by atoms with E-state index in [0.29, 0.717) is 0 Å². The van der Waals surface area contributed by atoms with Gasteiger partial charge in [0.1, 0.15) is 5.75 Å². The summed E-state index contributed by atoms with van der Waals surface area (Å²) in [5, 5.41) is 4.93. The van der Waals surface area contributed by atoms with Gasteiger partial charge in [0.15, 0.2) is 0 Å². The third kappa shape index (κ3) is 4.06. The average molecular weight is 385 g/mol. The number of hydrogen-bond donors (Lipinski definition) is 1. The molecule has 1 atom stereocenters. The van der Waals surface area contributed by atoms with E-state index in [-0.39, 0.29) is 6.04 Å². The lowest BCUT2D eigenvalue weighted by atomic mass is 10.1. The predicted molar refractivity (Wildman–Crippen MR) is 121 cm³/mol. The summed E-state index contributed by atoms with van der Waals surface area (Å²) in [5.41, 5.74) is 6.35. The zero-order chi connectivity index (χ0) is 20.2. The lowest BCUT2D eigenvalue weighted by Gasteiger charge is -2.15. The van der Waals surface area contributed by atoms with Gasteiger partial charge in [0.2, 0.25) is 0 Å². The van der Waals surface area contributed by atoms with Crippen molar-refractivity contribution in [2.45, 2.75) is 33.0 Å². The normalized spacial score (nSPS) is 12.2. The summed E-state index contributed by atoms with van der Waals surface area (Å²) in [7, 11) is 1.71. The van der Waals surface area contributed by atoms with Crippen molar-refractivity contribution in [1.82, 2.24) is 9.88 Å². The van der Waals surface area contributed by atoms with Crippen LogP contribution in [0.5, 0.6) is 5.75 Å². The predicted octanol–water partition coefficient (Wildman–Crippen LogP) is 6.19. The lowest BCUT2D eigenvalue weighted by molar-refractivity contribution is 0.413. The minimum absolute atomic E-state index is 0.251. The molecule has 0 saturated carbocycles. The molecule has 0 bridgehead atoms. The van der Waals surface area contributed by atoms with E-state index >= 15 is 0 Å². The maximum absolute atomic E-state index is 5.35. The molecule has 4 rings (SSSR count). The summed E-state index contributed by atoms with van der Waals surface area (Å²) in [5.74, 6) is 0.895. The molecule has 0 radical (unpaired) electrons. The zero-order valence-corrected chi connectivity index (χ0v) is 17.4. The van der Waals surface area contributed by atoms with Crippen molar-refractivity contribution in [3.8, 4) is 17.0 Å². The number of fused-ring (bicyclic) bond motifs is 1. The zero-order valence-electron chi connectivity index (χ0n) is 17.4. The van der Waals surface area contributed by atoms with Gasteiger partial charge in [-0.1, -0.05) is 48.5 Å². The highest BCUT2D eigenvalue weighted by Gasteiger charge is 2.11. The SMILES string of the molecule is CCn1c(-c2ccccc2)cc2cc(CN[C@H](C)c3cccc(OC)c3)ccc21. The number of aryl methyl sites for hydroxylation is 1. The van der Waals surface area contributed by atoms with E-state index in [4.69, 9.17) is 4.74 Å². The molecule has 0 aliphatic carbocycles. The average Bonchev–Trinajstić information content (AvgIpc) is 3.16. The standard InChI is InChI=1S/C26H28N2O/c1-4-28-25-14-13-20(15-23(25)17-26(28)21-9-6-5-7-10-21)18-27-19(2)22-11-8-12-24(16-22)29-3/h5-17,19,27H,4,18H2,1-3H3/t19-/m1/s1. The van der Waals surface area contributed by atoms with Gasteiger partial charge in [-0.3, -0.25) is 0 Å². The Morgan fingerprint density at radius 3 is 2.52 bits per heavy atom. The third-order valence-electron chi connectivity index (χ3n) is 5.56. The lowest BCUT2D eigenvalue weighted by Crippen LogP contribution is -2.18. The van der Waals surface area contributed by atoms with E-state index in [9.17, 15) is 0 Å².